The first-order chi connectivity index (χ1) is 17.3. The summed E-state index contributed by atoms with van der Waals surface area (Å²) in [6.45, 7) is 0. The third kappa shape index (κ3) is 2.29. The molecule has 1 nitrogen and oxygen atoms in total. The van der Waals surface area contributed by atoms with Crippen molar-refractivity contribution in [3.63, 3.8) is 0 Å². The number of hydrogen-bond donors (Lipinski definition) is 0. The van der Waals surface area contributed by atoms with Gasteiger partial charge in [-0.15, -0.1) is 0 Å². The number of rotatable bonds is 0. The Kier molecular flexibility index (Phi) is 3.29. The van der Waals surface area contributed by atoms with Crippen LogP contribution in [0.2, 0.25) is 0 Å². The quantitative estimate of drug-likeness (QED) is 0.228. The summed E-state index contributed by atoms with van der Waals surface area (Å²) < 4.78 is 0. The van der Waals surface area contributed by atoms with Crippen LogP contribution in [-0.4, -0.2) is 0 Å². The van der Waals surface area contributed by atoms with Gasteiger partial charge in [-0.05, 0) is 86.2 Å². The van der Waals surface area contributed by atoms with E-state index in [-0.39, 0.29) is 0 Å². The summed E-state index contributed by atoms with van der Waals surface area (Å²) >= 11 is 0. The van der Waals surface area contributed by atoms with Crippen LogP contribution < -0.4 is 4.90 Å². The van der Waals surface area contributed by atoms with Crippen molar-refractivity contribution in [1.29, 1.82) is 0 Å². The largest absolute Gasteiger partial charge is 0.309 e. The molecule has 0 radical (unpaired) electrons. The van der Waals surface area contributed by atoms with Crippen LogP contribution in [0.25, 0.3) is 22.3 Å². The van der Waals surface area contributed by atoms with E-state index in [0.717, 1.165) is 25.7 Å². The maximum absolute atomic E-state index is 2.61. The van der Waals surface area contributed by atoms with Crippen LogP contribution >= 0.6 is 0 Å². The molecule has 0 spiro atoms. The summed E-state index contributed by atoms with van der Waals surface area (Å²) in [6, 6.07) is 34.7. The molecule has 5 aromatic carbocycles. The third-order valence-corrected chi connectivity index (χ3v) is 8.66. The summed E-state index contributed by atoms with van der Waals surface area (Å²) in [6.07, 6.45) is 4.11. The summed E-state index contributed by atoms with van der Waals surface area (Å²) in [7, 11) is 0. The van der Waals surface area contributed by atoms with Crippen molar-refractivity contribution in [1.82, 2.24) is 0 Å². The van der Waals surface area contributed by atoms with E-state index in [4.69, 9.17) is 0 Å². The molecule has 0 saturated heterocycles. The van der Waals surface area contributed by atoms with Gasteiger partial charge in [0, 0.05) is 24.1 Å². The van der Waals surface area contributed by atoms with Gasteiger partial charge in [-0.3, -0.25) is 0 Å². The standard InChI is InChI=1S/C34H23N/c1-3-10-28-20(6-1)14-26-18-27-16-22-12-13-25-17-24-9-5-8-23-15-21-7-2-4-11-31(21)35(33(23)24)34(25)32(22)30(27)19-29(26)28/h1-13,18-19H,14-17H2. The average molecular weight is 446 g/mol. The van der Waals surface area contributed by atoms with E-state index in [2.05, 4.69) is 95.9 Å². The molecule has 0 aromatic heterocycles. The van der Waals surface area contributed by atoms with Gasteiger partial charge in [0.25, 0.3) is 0 Å². The first kappa shape index (κ1) is 18.3. The Hall–Kier alpha value is -4.10. The zero-order valence-electron chi connectivity index (χ0n) is 19.4. The fraction of sp³-hybridized carbons (Fsp3) is 0.118. The van der Waals surface area contributed by atoms with Crippen molar-refractivity contribution in [2.75, 3.05) is 4.90 Å². The van der Waals surface area contributed by atoms with Crippen LogP contribution in [0.3, 0.4) is 0 Å². The Balaban J connectivity index is 1.34. The average Bonchev–Trinajstić information content (AvgIpc) is 3.44. The number of para-hydroxylation sites is 2. The van der Waals surface area contributed by atoms with E-state index in [9.17, 15) is 0 Å². The molecule has 0 atom stereocenters. The molecule has 0 fully saturated rings. The molecular weight excluding hydrogens is 422 g/mol. The second kappa shape index (κ2) is 6.31. The topological polar surface area (TPSA) is 3.24 Å². The molecule has 9 rings (SSSR count). The van der Waals surface area contributed by atoms with Crippen molar-refractivity contribution in [3.8, 4) is 22.3 Å². The minimum atomic E-state index is 1.01. The summed E-state index contributed by atoms with van der Waals surface area (Å²) in [5.41, 5.74) is 21.6. The molecule has 2 aliphatic carbocycles. The van der Waals surface area contributed by atoms with E-state index < -0.39 is 0 Å². The first-order valence-electron chi connectivity index (χ1n) is 12.7. The molecule has 164 valence electrons. The van der Waals surface area contributed by atoms with Gasteiger partial charge in [0.1, 0.15) is 0 Å². The lowest BCUT2D eigenvalue weighted by Crippen LogP contribution is -2.25. The van der Waals surface area contributed by atoms with Gasteiger partial charge in [-0.1, -0.05) is 78.9 Å². The third-order valence-electron chi connectivity index (χ3n) is 8.66. The van der Waals surface area contributed by atoms with Gasteiger partial charge >= 0.3 is 0 Å². The van der Waals surface area contributed by atoms with Crippen molar-refractivity contribution >= 4 is 17.1 Å². The Morgan fingerprint density at radius 2 is 1.03 bits per heavy atom. The second-order valence-electron chi connectivity index (χ2n) is 10.5. The molecule has 0 N–H and O–H groups in total. The highest BCUT2D eigenvalue weighted by Gasteiger charge is 2.36. The molecule has 2 aliphatic heterocycles. The van der Waals surface area contributed by atoms with Crippen LogP contribution in [0.15, 0.2) is 91.0 Å². The Morgan fingerprint density at radius 3 is 1.94 bits per heavy atom. The second-order valence-corrected chi connectivity index (χ2v) is 10.5. The van der Waals surface area contributed by atoms with Crippen LogP contribution in [0.4, 0.5) is 17.1 Å². The maximum Gasteiger partial charge on any atom is 0.0578 e. The molecule has 35 heavy (non-hydrogen) atoms. The number of nitrogens with zero attached hydrogens (tertiary/aromatic N) is 1. The lowest BCUT2D eigenvalue weighted by Gasteiger charge is -2.40. The minimum absolute atomic E-state index is 1.01. The summed E-state index contributed by atoms with van der Waals surface area (Å²) in [5.74, 6) is 0. The smallest absolute Gasteiger partial charge is 0.0578 e. The van der Waals surface area contributed by atoms with Crippen LogP contribution in [0, 0.1) is 0 Å². The van der Waals surface area contributed by atoms with Gasteiger partial charge < -0.3 is 4.90 Å². The van der Waals surface area contributed by atoms with Crippen molar-refractivity contribution in [3.05, 3.63) is 136 Å². The Labute approximate surface area is 205 Å². The monoisotopic (exact) mass is 445 g/mol. The Morgan fingerprint density at radius 1 is 0.400 bits per heavy atom. The Bertz CT molecular complexity index is 1740. The van der Waals surface area contributed by atoms with E-state index in [1.807, 2.05) is 0 Å². The number of fused-ring (bicyclic) bond motifs is 11. The highest BCUT2D eigenvalue weighted by molar-refractivity contribution is 6.00. The minimum Gasteiger partial charge on any atom is -0.309 e. The predicted octanol–water partition coefficient (Wildman–Crippen LogP) is 8.11. The molecule has 0 unspecified atom stereocenters. The van der Waals surface area contributed by atoms with Gasteiger partial charge in [-0.2, -0.15) is 0 Å². The van der Waals surface area contributed by atoms with Crippen LogP contribution in [0.5, 0.6) is 0 Å². The van der Waals surface area contributed by atoms with Crippen LogP contribution in [-0.2, 0) is 25.7 Å². The normalized spacial score (nSPS) is 14.9. The zero-order chi connectivity index (χ0) is 22.7. The molecule has 2 heterocycles. The highest BCUT2D eigenvalue weighted by atomic mass is 15.2. The zero-order valence-corrected chi connectivity index (χ0v) is 19.4. The van der Waals surface area contributed by atoms with Crippen molar-refractivity contribution < 1.29 is 0 Å². The fourth-order valence-electron chi connectivity index (χ4n) is 7.20. The van der Waals surface area contributed by atoms with E-state index in [1.54, 1.807) is 0 Å². The summed E-state index contributed by atoms with van der Waals surface area (Å²) in [5, 5.41) is 0. The first-order valence-corrected chi connectivity index (χ1v) is 12.7. The lowest BCUT2D eigenvalue weighted by molar-refractivity contribution is 1.01. The molecule has 1 heteroatoms. The van der Waals surface area contributed by atoms with Gasteiger partial charge in [0.15, 0.2) is 0 Å². The van der Waals surface area contributed by atoms with Gasteiger partial charge in [0.05, 0.1) is 11.4 Å². The predicted molar refractivity (Wildman–Crippen MR) is 143 cm³/mol. The highest BCUT2D eigenvalue weighted by Crippen LogP contribution is 2.56. The lowest BCUT2D eigenvalue weighted by atomic mass is 9.84. The molecular formula is C34H23N. The summed E-state index contributed by atoms with van der Waals surface area (Å²) in [4.78, 5) is 2.61. The number of hydrogen-bond acceptors (Lipinski definition) is 1. The van der Waals surface area contributed by atoms with Gasteiger partial charge in [-0.25, -0.2) is 0 Å². The van der Waals surface area contributed by atoms with Gasteiger partial charge in [0.2, 0.25) is 0 Å². The fourth-order valence-corrected chi connectivity index (χ4v) is 7.20. The molecule has 0 saturated carbocycles. The van der Waals surface area contributed by atoms with E-state index in [1.165, 1.54) is 83.8 Å². The van der Waals surface area contributed by atoms with E-state index >= 15 is 0 Å². The van der Waals surface area contributed by atoms with E-state index in [0.29, 0.717) is 0 Å². The van der Waals surface area contributed by atoms with Crippen molar-refractivity contribution in [2.45, 2.75) is 25.7 Å². The maximum atomic E-state index is 2.61. The molecule has 4 aliphatic rings. The van der Waals surface area contributed by atoms with Crippen molar-refractivity contribution in [2.24, 2.45) is 0 Å². The molecule has 5 aromatic rings. The van der Waals surface area contributed by atoms with Crippen LogP contribution in [0.1, 0.15) is 44.5 Å². The SMILES string of the molecule is c1ccc2c(c1)Cc1cc3c(cc1-2)-c1c(ccc2c1N1c4ccccc4Cc4cccc(c41)C2)C3. The number of anilines is 3. The number of benzene rings is 5. The molecule has 0 bridgehead atoms. The molecule has 0 amide bonds.